The van der Waals surface area contributed by atoms with Crippen LogP contribution in [0.2, 0.25) is 0 Å². The minimum absolute atomic E-state index is 0.0493. The minimum atomic E-state index is -0.589. The number of ether oxygens (including phenoxy) is 1. The average molecular weight is 507 g/mol. The third-order valence-corrected chi connectivity index (χ3v) is 8.44. The molecule has 7 heteroatoms. The Kier molecular flexibility index (Phi) is 6.11. The third-order valence-electron chi connectivity index (χ3n) is 8.44. The van der Waals surface area contributed by atoms with Gasteiger partial charge in [-0.25, -0.2) is 0 Å². The molecule has 2 atom stereocenters. The number of aryl methyl sites for hydroxylation is 1. The van der Waals surface area contributed by atoms with Gasteiger partial charge in [0.25, 0.3) is 11.8 Å². The Morgan fingerprint density at radius 3 is 2.50 bits per heavy atom. The summed E-state index contributed by atoms with van der Waals surface area (Å²) in [5, 5.41) is 9.98. The summed E-state index contributed by atoms with van der Waals surface area (Å²) >= 11 is 0. The predicted octanol–water partition coefficient (Wildman–Crippen LogP) is 4.48. The highest BCUT2D eigenvalue weighted by Crippen LogP contribution is 2.42. The molecular weight excluding hydrogens is 476 g/mol. The van der Waals surface area contributed by atoms with E-state index in [0.29, 0.717) is 50.5 Å². The summed E-state index contributed by atoms with van der Waals surface area (Å²) in [6, 6.07) is 22.1. The number of nitriles is 1. The first-order valence-corrected chi connectivity index (χ1v) is 13.3. The van der Waals surface area contributed by atoms with Crippen molar-refractivity contribution in [2.45, 2.75) is 43.6 Å². The molecule has 0 bridgehead atoms. The number of benzene rings is 2. The standard InChI is InChI=1S/C31H30N4O3/c1-21-18-33-26(30(37)34-15-12-31(20-32,13-16-34)22-7-3-2-4-8-22)17-25(21)29(36)35-14-11-24-23-9-5-6-10-27(23)38-28(24)19-35/h2-10,17-18,24,28H,11-16,19H2,1H3/t24-,28-/m0/s1. The molecule has 0 N–H and O–H groups in total. The number of pyridine rings is 1. The Labute approximate surface area is 222 Å². The molecule has 6 rings (SSSR count). The number of amides is 2. The molecule has 0 radical (unpaired) electrons. The van der Waals surface area contributed by atoms with Crippen LogP contribution in [0.5, 0.6) is 5.75 Å². The maximum Gasteiger partial charge on any atom is 0.272 e. The Morgan fingerprint density at radius 2 is 1.74 bits per heavy atom. The van der Waals surface area contributed by atoms with E-state index in [1.807, 2.05) is 60.4 Å². The fourth-order valence-electron chi connectivity index (χ4n) is 6.15. The van der Waals surface area contributed by atoms with Crippen molar-refractivity contribution in [2.24, 2.45) is 0 Å². The lowest BCUT2D eigenvalue weighted by molar-refractivity contribution is 0.0543. The van der Waals surface area contributed by atoms with E-state index in [1.165, 1.54) is 5.56 Å². The fourth-order valence-corrected chi connectivity index (χ4v) is 6.15. The van der Waals surface area contributed by atoms with Crippen LogP contribution in [0.4, 0.5) is 0 Å². The van der Waals surface area contributed by atoms with E-state index in [4.69, 9.17) is 4.74 Å². The number of piperidine rings is 2. The van der Waals surface area contributed by atoms with Gasteiger partial charge in [-0.1, -0.05) is 48.5 Å². The molecule has 3 aliphatic rings. The van der Waals surface area contributed by atoms with Crippen molar-refractivity contribution in [1.29, 1.82) is 5.26 Å². The maximum atomic E-state index is 13.6. The Balaban J connectivity index is 1.15. The van der Waals surface area contributed by atoms with E-state index >= 15 is 0 Å². The Morgan fingerprint density at radius 1 is 1.00 bits per heavy atom. The molecule has 2 saturated heterocycles. The highest BCUT2D eigenvalue weighted by atomic mass is 16.5. The van der Waals surface area contributed by atoms with Gasteiger partial charge in [0.1, 0.15) is 17.5 Å². The molecule has 0 unspecified atom stereocenters. The largest absolute Gasteiger partial charge is 0.488 e. The second-order valence-corrected chi connectivity index (χ2v) is 10.6. The monoisotopic (exact) mass is 506 g/mol. The van der Waals surface area contributed by atoms with Crippen LogP contribution >= 0.6 is 0 Å². The van der Waals surface area contributed by atoms with E-state index in [-0.39, 0.29) is 23.6 Å². The number of hydrogen-bond donors (Lipinski definition) is 0. The lowest BCUT2D eigenvalue weighted by Gasteiger charge is -2.37. The van der Waals surface area contributed by atoms with Gasteiger partial charge in [0.2, 0.25) is 0 Å². The molecule has 1 aromatic heterocycles. The molecule has 38 heavy (non-hydrogen) atoms. The smallest absolute Gasteiger partial charge is 0.272 e. The van der Waals surface area contributed by atoms with Crippen LogP contribution < -0.4 is 4.74 Å². The van der Waals surface area contributed by atoms with Gasteiger partial charge in [-0.15, -0.1) is 0 Å². The second-order valence-electron chi connectivity index (χ2n) is 10.6. The number of likely N-dealkylation sites (tertiary alicyclic amines) is 2. The van der Waals surface area contributed by atoms with Crippen molar-refractivity contribution in [3.63, 3.8) is 0 Å². The zero-order valence-electron chi connectivity index (χ0n) is 21.5. The second kappa shape index (κ2) is 9.60. The number of rotatable bonds is 3. The van der Waals surface area contributed by atoms with Gasteiger partial charge in [0, 0.05) is 42.9 Å². The zero-order valence-corrected chi connectivity index (χ0v) is 21.5. The molecule has 192 valence electrons. The molecule has 3 aliphatic heterocycles. The minimum Gasteiger partial charge on any atom is -0.488 e. The van der Waals surface area contributed by atoms with Crippen LogP contribution in [0.25, 0.3) is 0 Å². The first-order valence-electron chi connectivity index (χ1n) is 13.3. The quantitative estimate of drug-likeness (QED) is 0.523. The Hall–Kier alpha value is -4.18. The van der Waals surface area contributed by atoms with E-state index in [9.17, 15) is 14.9 Å². The zero-order chi connectivity index (χ0) is 26.3. The first kappa shape index (κ1) is 24.2. The lowest BCUT2D eigenvalue weighted by Crippen LogP contribution is -2.46. The molecule has 2 fully saturated rings. The van der Waals surface area contributed by atoms with E-state index in [2.05, 4.69) is 17.1 Å². The number of carbonyl (C=O) groups excluding carboxylic acids is 2. The van der Waals surface area contributed by atoms with Crippen molar-refractivity contribution >= 4 is 11.8 Å². The molecular formula is C31H30N4O3. The van der Waals surface area contributed by atoms with Gasteiger partial charge in [-0.2, -0.15) is 5.26 Å². The van der Waals surface area contributed by atoms with E-state index in [1.54, 1.807) is 17.2 Å². The average Bonchev–Trinajstić information content (AvgIpc) is 3.35. The predicted molar refractivity (Wildman–Crippen MR) is 142 cm³/mol. The van der Waals surface area contributed by atoms with Crippen LogP contribution in [0.1, 0.15) is 62.7 Å². The fraction of sp³-hybridized carbons (Fsp3) is 0.355. The summed E-state index contributed by atoms with van der Waals surface area (Å²) in [4.78, 5) is 35.0. The summed E-state index contributed by atoms with van der Waals surface area (Å²) in [5.41, 5.74) is 3.15. The molecule has 3 aromatic rings. The van der Waals surface area contributed by atoms with Crippen LogP contribution in [-0.2, 0) is 5.41 Å². The number of fused-ring (bicyclic) bond motifs is 3. The van der Waals surface area contributed by atoms with Gasteiger partial charge in [0.05, 0.1) is 18.0 Å². The van der Waals surface area contributed by atoms with Crippen LogP contribution in [0, 0.1) is 18.3 Å². The molecule has 7 nitrogen and oxygen atoms in total. The molecule has 4 heterocycles. The van der Waals surface area contributed by atoms with Crippen molar-refractivity contribution in [3.05, 3.63) is 94.8 Å². The van der Waals surface area contributed by atoms with Crippen molar-refractivity contribution < 1.29 is 14.3 Å². The topological polar surface area (TPSA) is 86.5 Å². The number of hydrogen-bond acceptors (Lipinski definition) is 5. The number of aromatic nitrogens is 1. The summed E-state index contributed by atoms with van der Waals surface area (Å²) < 4.78 is 6.17. The highest BCUT2D eigenvalue weighted by molar-refractivity contribution is 5.99. The number of carbonyl (C=O) groups is 2. The van der Waals surface area contributed by atoms with Crippen LogP contribution in [-0.4, -0.2) is 58.9 Å². The summed E-state index contributed by atoms with van der Waals surface area (Å²) in [6.45, 7) is 3.95. The maximum absolute atomic E-state index is 13.6. The molecule has 0 aliphatic carbocycles. The van der Waals surface area contributed by atoms with Gasteiger partial charge in [-0.05, 0) is 49.4 Å². The first-order chi connectivity index (χ1) is 18.5. The summed E-state index contributed by atoms with van der Waals surface area (Å²) in [5.74, 6) is 0.926. The van der Waals surface area contributed by atoms with Crippen LogP contribution in [0.3, 0.4) is 0 Å². The van der Waals surface area contributed by atoms with Crippen LogP contribution in [0.15, 0.2) is 66.9 Å². The van der Waals surface area contributed by atoms with E-state index < -0.39 is 5.41 Å². The summed E-state index contributed by atoms with van der Waals surface area (Å²) in [6.07, 6.45) is 3.54. The molecule has 2 amide bonds. The van der Waals surface area contributed by atoms with Crippen molar-refractivity contribution in [1.82, 2.24) is 14.8 Å². The highest BCUT2D eigenvalue weighted by Gasteiger charge is 2.41. The SMILES string of the molecule is Cc1cnc(C(=O)N2CCC(C#N)(c3ccccc3)CC2)cc1C(=O)N1CC[C@H]2c3ccccc3O[C@H]2C1. The number of para-hydroxylation sites is 1. The molecule has 0 saturated carbocycles. The van der Waals surface area contributed by atoms with Gasteiger partial charge < -0.3 is 14.5 Å². The molecule has 2 aromatic carbocycles. The molecule has 0 spiro atoms. The van der Waals surface area contributed by atoms with Gasteiger partial charge in [-0.3, -0.25) is 14.6 Å². The lowest BCUT2D eigenvalue weighted by atomic mass is 9.74. The van der Waals surface area contributed by atoms with Crippen molar-refractivity contribution in [3.8, 4) is 11.8 Å². The van der Waals surface area contributed by atoms with Gasteiger partial charge >= 0.3 is 0 Å². The van der Waals surface area contributed by atoms with Crippen molar-refractivity contribution in [2.75, 3.05) is 26.2 Å². The summed E-state index contributed by atoms with van der Waals surface area (Å²) in [7, 11) is 0. The third kappa shape index (κ3) is 4.10. The van der Waals surface area contributed by atoms with E-state index in [0.717, 1.165) is 23.3 Å². The normalized spacial score (nSPS) is 21.6. The number of nitrogens with zero attached hydrogens (tertiary/aromatic N) is 4. The van der Waals surface area contributed by atoms with Gasteiger partial charge in [0.15, 0.2) is 0 Å². The Bertz CT molecular complexity index is 1420.